The maximum absolute atomic E-state index is 12.2. The number of nitrogens with zero attached hydrogens (tertiary/aromatic N) is 3. The van der Waals surface area contributed by atoms with Crippen molar-refractivity contribution < 1.29 is 27.8 Å². The molecule has 7 nitrogen and oxygen atoms in total. The number of methoxy groups -OCH3 is 1. The molecule has 0 saturated carbocycles. The van der Waals surface area contributed by atoms with E-state index < -0.39 is 29.4 Å². The standard InChI is InChI=1S/C10H9F3N4O3/c1-20-7(14)6(8(18)19)4-15-5-2-16-9(17-3-5)10(11,12)13/h2-4H,14H2,1H3,(H,18,19). The van der Waals surface area contributed by atoms with Crippen molar-refractivity contribution in [2.75, 3.05) is 7.11 Å². The van der Waals surface area contributed by atoms with Crippen LogP contribution in [-0.4, -0.2) is 34.4 Å². The predicted molar refractivity (Wildman–Crippen MR) is 61.0 cm³/mol. The molecule has 10 heteroatoms. The number of aromatic nitrogens is 2. The minimum absolute atomic E-state index is 0.0688. The minimum atomic E-state index is -4.66. The normalized spacial score (nSPS) is 13.2. The highest BCUT2D eigenvalue weighted by Crippen LogP contribution is 2.26. The molecule has 0 spiro atoms. The lowest BCUT2D eigenvalue weighted by Crippen LogP contribution is -2.13. The van der Waals surface area contributed by atoms with Gasteiger partial charge in [-0.3, -0.25) is 4.99 Å². The average molecular weight is 290 g/mol. The zero-order chi connectivity index (χ0) is 15.3. The van der Waals surface area contributed by atoms with Crippen LogP contribution in [0.1, 0.15) is 5.82 Å². The Bertz CT molecular complexity index is 552. The summed E-state index contributed by atoms with van der Waals surface area (Å²) in [6.07, 6.45) is -2.23. The van der Waals surface area contributed by atoms with E-state index in [0.29, 0.717) is 0 Å². The van der Waals surface area contributed by atoms with Crippen molar-refractivity contribution in [2.24, 2.45) is 10.7 Å². The van der Waals surface area contributed by atoms with Gasteiger partial charge in [0, 0.05) is 6.21 Å². The Kier molecular flexibility index (Phi) is 4.62. The number of aliphatic carboxylic acids is 1. The van der Waals surface area contributed by atoms with Gasteiger partial charge < -0.3 is 15.6 Å². The van der Waals surface area contributed by atoms with Crippen molar-refractivity contribution in [1.29, 1.82) is 0 Å². The van der Waals surface area contributed by atoms with Gasteiger partial charge in [-0.15, -0.1) is 0 Å². The molecular weight excluding hydrogens is 281 g/mol. The van der Waals surface area contributed by atoms with E-state index in [1.807, 2.05) is 0 Å². The maximum atomic E-state index is 12.2. The third kappa shape index (κ3) is 3.93. The van der Waals surface area contributed by atoms with Gasteiger partial charge in [0.1, 0.15) is 5.57 Å². The fraction of sp³-hybridized carbons (Fsp3) is 0.200. The van der Waals surface area contributed by atoms with Crippen molar-refractivity contribution in [2.45, 2.75) is 6.18 Å². The minimum Gasteiger partial charge on any atom is -0.482 e. The zero-order valence-corrected chi connectivity index (χ0v) is 10.0. The summed E-state index contributed by atoms with van der Waals surface area (Å²) in [6.45, 7) is 0. The van der Waals surface area contributed by atoms with E-state index in [9.17, 15) is 18.0 Å². The van der Waals surface area contributed by atoms with Gasteiger partial charge in [0.2, 0.25) is 5.82 Å². The summed E-state index contributed by atoms with van der Waals surface area (Å²) >= 11 is 0. The molecule has 3 N–H and O–H groups in total. The molecule has 0 atom stereocenters. The predicted octanol–water partition coefficient (Wildman–Crippen LogP) is 1.10. The molecule has 1 heterocycles. The van der Waals surface area contributed by atoms with Gasteiger partial charge in [0.15, 0.2) is 5.88 Å². The topological polar surface area (TPSA) is 111 Å². The van der Waals surface area contributed by atoms with E-state index in [1.54, 1.807) is 0 Å². The Hall–Kier alpha value is -2.65. The monoisotopic (exact) mass is 290 g/mol. The van der Waals surface area contributed by atoms with Crippen LogP contribution in [0.25, 0.3) is 0 Å². The van der Waals surface area contributed by atoms with Crippen LogP contribution < -0.4 is 5.73 Å². The molecule has 1 aromatic rings. The molecule has 0 fully saturated rings. The van der Waals surface area contributed by atoms with Crippen LogP contribution in [0.3, 0.4) is 0 Å². The second kappa shape index (κ2) is 5.99. The molecule has 0 aliphatic heterocycles. The molecule has 0 aliphatic rings. The highest BCUT2D eigenvalue weighted by Gasteiger charge is 2.34. The number of rotatable bonds is 4. The summed E-state index contributed by atoms with van der Waals surface area (Å²) < 4.78 is 41.2. The molecule has 0 aromatic carbocycles. The fourth-order valence-electron chi connectivity index (χ4n) is 1.01. The lowest BCUT2D eigenvalue weighted by Gasteiger charge is -2.03. The lowest BCUT2D eigenvalue weighted by atomic mass is 10.3. The number of hydrogen-bond acceptors (Lipinski definition) is 6. The summed E-state index contributed by atoms with van der Waals surface area (Å²) in [7, 11) is 1.16. The second-order valence-corrected chi connectivity index (χ2v) is 3.31. The SMILES string of the molecule is COC(N)=C(C=Nc1cnc(C(F)(F)F)nc1)C(=O)O. The highest BCUT2D eigenvalue weighted by molar-refractivity contribution is 6.09. The molecule has 1 rings (SSSR count). The van der Waals surface area contributed by atoms with Crippen molar-refractivity contribution in [3.63, 3.8) is 0 Å². The molecular formula is C10H9F3N4O3. The van der Waals surface area contributed by atoms with Gasteiger partial charge >= 0.3 is 12.1 Å². The second-order valence-electron chi connectivity index (χ2n) is 3.31. The number of carboxylic acid groups (broad SMARTS) is 1. The van der Waals surface area contributed by atoms with Gasteiger partial charge in [0.25, 0.3) is 0 Å². The van der Waals surface area contributed by atoms with Crippen molar-refractivity contribution >= 4 is 17.9 Å². The summed E-state index contributed by atoms with van der Waals surface area (Å²) in [5.41, 5.74) is 4.75. The zero-order valence-electron chi connectivity index (χ0n) is 10.0. The van der Waals surface area contributed by atoms with Gasteiger partial charge in [0.05, 0.1) is 25.2 Å². The summed E-state index contributed by atoms with van der Waals surface area (Å²) in [6, 6.07) is 0. The molecule has 0 aliphatic carbocycles. The summed E-state index contributed by atoms with van der Waals surface area (Å²) in [5, 5.41) is 8.81. The number of carboxylic acids is 1. The van der Waals surface area contributed by atoms with Crippen molar-refractivity contribution in [1.82, 2.24) is 9.97 Å². The van der Waals surface area contributed by atoms with E-state index in [4.69, 9.17) is 10.8 Å². The highest BCUT2D eigenvalue weighted by atomic mass is 19.4. The largest absolute Gasteiger partial charge is 0.482 e. The van der Waals surface area contributed by atoms with Crippen molar-refractivity contribution in [3.8, 4) is 0 Å². The number of aliphatic imine (C=N–C) groups is 1. The molecule has 0 bridgehead atoms. The molecule has 108 valence electrons. The molecule has 1 aromatic heterocycles. The van der Waals surface area contributed by atoms with Gasteiger partial charge in [-0.05, 0) is 0 Å². The first-order chi connectivity index (χ1) is 9.25. The van der Waals surface area contributed by atoms with E-state index in [2.05, 4.69) is 19.7 Å². The Labute approximate surface area is 110 Å². The van der Waals surface area contributed by atoms with Gasteiger partial charge in [-0.25, -0.2) is 14.8 Å². The Morgan fingerprint density at radius 3 is 2.40 bits per heavy atom. The smallest absolute Gasteiger partial charge is 0.451 e. The van der Waals surface area contributed by atoms with E-state index in [-0.39, 0.29) is 5.69 Å². The lowest BCUT2D eigenvalue weighted by molar-refractivity contribution is -0.145. The van der Waals surface area contributed by atoms with Gasteiger partial charge in [-0.1, -0.05) is 0 Å². The number of alkyl halides is 3. The van der Waals surface area contributed by atoms with Crippen LogP contribution in [0.2, 0.25) is 0 Å². The number of carbonyl (C=O) groups is 1. The summed E-state index contributed by atoms with van der Waals surface area (Å²) in [5.74, 6) is -3.11. The summed E-state index contributed by atoms with van der Waals surface area (Å²) in [4.78, 5) is 20.5. The van der Waals surface area contributed by atoms with Crippen LogP contribution >= 0.6 is 0 Å². The molecule has 0 amide bonds. The third-order valence-corrected chi connectivity index (χ3v) is 1.95. The number of ether oxygens (including phenoxy) is 1. The van der Waals surface area contributed by atoms with E-state index >= 15 is 0 Å². The van der Waals surface area contributed by atoms with Crippen LogP contribution in [0.5, 0.6) is 0 Å². The Morgan fingerprint density at radius 1 is 1.45 bits per heavy atom. The molecule has 0 unspecified atom stereocenters. The fourth-order valence-corrected chi connectivity index (χ4v) is 1.01. The maximum Gasteiger partial charge on any atom is 0.451 e. The first-order valence-electron chi connectivity index (χ1n) is 4.96. The quantitative estimate of drug-likeness (QED) is 0.488. The Morgan fingerprint density at radius 2 is 2.00 bits per heavy atom. The number of hydrogen-bond donors (Lipinski definition) is 2. The van der Waals surface area contributed by atoms with E-state index in [1.165, 1.54) is 0 Å². The van der Waals surface area contributed by atoms with Gasteiger partial charge in [-0.2, -0.15) is 13.2 Å². The third-order valence-electron chi connectivity index (χ3n) is 1.95. The van der Waals surface area contributed by atoms with Crippen molar-refractivity contribution in [3.05, 3.63) is 29.7 Å². The first-order valence-corrected chi connectivity index (χ1v) is 4.96. The Balaban J connectivity index is 2.99. The van der Waals surface area contributed by atoms with Crippen LogP contribution in [-0.2, 0) is 15.7 Å². The average Bonchev–Trinajstić information content (AvgIpc) is 2.37. The first kappa shape index (κ1) is 15.4. The molecule has 20 heavy (non-hydrogen) atoms. The molecule has 0 saturated heterocycles. The van der Waals surface area contributed by atoms with Crippen LogP contribution in [0.4, 0.5) is 18.9 Å². The number of nitrogens with two attached hydrogens (primary N) is 1. The van der Waals surface area contributed by atoms with Crippen LogP contribution in [0, 0.1) is 0 Å². The van der Waals surface area contributed by atoms with E-state index in [0.717, 1.165) is 25.7 Å². The molecule has 0 radical (unpaired) electrons. The number of halogens is 3. The van der Waals surface area contributed by atoms with Crippen LogP contribution in [0.15, 0.2) is 28.8 Å².